The molecule has 6 heteroatoms. The number of amides is 1. The summed E-state index contributed by atoms with van der Waals surface area (Å²) in [7, 11) is 0. The maximum atomic E-state index is 10.9. The summed E-state index contributed by atoms with van der Waals surface area (Å²) in [6, 6.07) is 3.17. The quantitative estimate of drug-likeness (QED) is 0.803. The maximum Gasteiger partial charge on any atom is 0.250 e. The van der Waals surface area contributed by atoms with Gasteiger partial charge >= 0.3 is 0 Å². The van der Waals surface area contributed by atoms with E-state index in [4.69, 9.17) is 33.7 Å². The predicted octanol–water partition coefficient (Wildman–Crippen LogP) is 1.46. The highest BCUT2D eigenvalue weighted by atomic mass is 35.5. The molecule has 0 aliphatic carbocycles. The van der Waals surface area contributed by atoms with E-state index >= 15 is 0 Å². The average Bonchev–Trinajstić information content (AvgIpc) is 2.15. The van der Waals surface area contributed by atoms with Crippen molar-refractivity contribution < 1.29 is 9.53 Å². The van der Waals surface area contributed by atoms with Crippen LogP contribution >= 0.6 is 23.2 Å². The molecule has 0 saturated heterocycles. The standard InChI is InChI=1S/C8H8Cl2N2O2/c9-8(10)14-4-6-5(7(11)13)2-1-3-12-6/h1-3,8H,4H2,(H2,11,13). The first-order valence-electron chi connectivity index (χ1n) is 3.74. The summed E-state index contributed by atoms with van der Waals surface area (Å²) in [6.45, 7) is 0.0524. The fraction of sp³-hybridized carbons (Fsp3) is 0.250. The molecule has 0 spiro atoms. The van der Waals surface area contributed by atoms with Crippen LogP contribution in [0.15, 0.2) is 18.3 Å². The summed E-state index contributed by atoms with van der Waals surface area (Å²) in [5.41, 5.74) is 5.85. The highest BCUT2D eigenvalue weighted by molar-refractivity contribution is 6.43. The molecule has 2 N–H and O–H groups in total. The van der Waals surface area contributed by atoms with E-state index in [2.05, 4.69) is 4.98 Å². The number of primary amides is 1. The number of alkyl halides is 2. The van der Waals surface area contributed by atoms with Crippen LogP contribution in [0.1, 0.15) is 16.1 Å². The van der Waals surface area contributed by atoms with Crippen molar-refractivity contribution in [3.8, 4) is 0 Å². The number of nitrogens with two attached hydrogens (primary N) is 1. The number of hydrogen-bond donors (Lipinski definition) is 1. The lowest BCUT2D eigenvalue weighted by Gasteiger charge is -2.06. The van der Waals surface area contributed by atoms with Gasteiger partial charge in [0.25, 0.3) is 5.91 Å². The summed E-state index contributed by atoms with van der Waals surface area (Å²) in [6.07, 6.45) is 1.53. The number of carbonyl (C=O) groups is 1. The first kappa shape index (κ1) is 11.2. The molecule has 14 heavy (non-hydrogen) atoms. The van der Waals surface area contributed by atoms with Gasteiger partial charge in [-0.15, -0.1) is 0 Å². The van der Waals surface area contributed by atoms with E-state index in [1.165, 1.54) is 6.20 Å². The van der Waals surface area contributed by atoms with Crippen LogP contribution < -0.4 is 5.73 Å². The first-order chi connectivity index (χ1) is 6.61. The minimum Gasteiger partial charge on any atom is -0.366 e. The van der Waals surface area contributed by atoms with Crippen molar-refractivity contribution in [2.45, 2.75) is 11.6 Å². The Labute approximate surface area is 91.0 Å². The van der Waals surface area contributed by atoms with Gasteiger partial charge < -0.3 is 10.5 Å². The third kappa shape index (κ3) is 3.14. The second-order valence-electron chi connectivity index (χ2n) is 2.43. The van der Waals surface area contributed by atoms with E-state index in [-0.39, 0.29) is 6.61 Å². The SMILES string of the molecule is NC(=O)c1cccnc1COC(Cl)Cl. The fourth-order valence-corrected chi connectivity index (χ4v) is 1.05. The van der Waals surface area contributed by atoms with E-state index in [1.54, 1.807) is 12.1 Å². The van der Waals surface area contributed by atoms with Crippen LogP contribution in [-0.2, 0) is 11.3 Å². The van der Waals surface area contributed by atoms with Crippen LogP contribution in [0.4, 0.5) is 0 Å². The molecule has 0 saturated carbocycles. The van der Waals surface area contributed by atoms with Gasteiger partial charge in [-0.3, -0.25) is 9.78 Å². The van der Waals surface area contributed by atoms with Gasteiger partial charge in [0.1, 0.15) is 0 Å². The van der Waals surface area contributed by atoms with Crippen LogP contribution in [0.5, 0.6) is 0 Å². The van der Waals surface area contributed by atoms with Gasteiger partial charge in [0, 0.05) is 6.20 Å². The van der Waals surface area contributed by atoms with E-state index in [0.29, 0.717) is 11.3 Å². The number of pyridine rings is 1. The van der Waals surface area contributed by atoms with Crippen molar-refractivity contribution in [3.63, 3.8) is 0 Å². The molecule has 0 atom stereocenters. The fourth-order valence-electron chi connectivity index (χ4n) is 0.919. The van der Waals surface area contributed by atoms with Crippen molar-refractivity contribution in [2.24, 2.45) is 5.73 Å². The molecule has 4 nitrogen and oxygen atoms in total. The third-order valence-corrected chi connectivity index (χ3v) is 1.75. The summed E-state index contributed by atoms with van der Waals surface area (Å²) in [4.78, 5) is 14.9. The van der Waals surface area contributed by atoms with E-state index in [1.807, 2.05) is 0 Å². The largest absolute Gasteiger partial charge is 0.366 e. The molecule has 76 valence electrons. The van der Waals surface area contributed by atoms with Crippen molar-refractivity contribution in [1.82, 2.24) is 4.98 Å². The number of carbonyl (C=O) groups excluding carboxylic acids is 1. The normalized spacial score (nSPS) is 10.5. The minimum atomic E-state index is -0.947. The Morgan fingerprint density at radius 3 is 2.93 bits per heavy atom. The van der Waals surface area contributed by atoms with Crippen LogP contribution in [0.3, 0.4) is 0 Å². The van der Waals surface area contributed by atoms with Gasteiger partial charge in [-0.1, -0.05) is 23.2 Å². The lowest BCUT2D eigenvalue weighted by Crippen LogP contribution is -2.15. The molecular weight excluding hydrogens is 227 g/mol. The third-order valence-electron chi connectivity index (χ3n) is 1.50. The van der Waals surface area contributed by atoms with Crippen LogP contribution in [-0.4, -0.2) is 15.9 Å². The highest BCUT2D eigenvalue weighted by Gasteiger charge is 2.09. The number of aromatic nitrogens is 1. The Kier molecular flexibility index (Phi) is 4.13. The van der Waals surface area contributed by atoms with Crippen molar-refractivity contribution in [2.75, 3.05) is 0 Å². The smallest absolute Gasteiger partial charge is 0.250 e. The molecule has 0 aromatic carbocycles. The molecule has 0 aliphatic heterocycles. The molecule has 1 heterocycles. The summed E-state index contributed by atoms with van der Waals surface area (Å²) in [5.74, 6) is -0.558. The molecule has 1 aromatic rings. The van der Waals surface area contributed by atoms with Gasteiger partial charge in [-0.25, -0.2) is 0 Å². The molecule has 0 fully saturated rings. The zero-order valence-electron chi connectivity index (χ0n) is 7.11. The molecular formula is C8H8Cl2N2O2. The lowest BCUT2D eigenvalue weighted by atomic mass is 10.2. The van der Waals surface area contributed by atoms with Crippen LogP contribution in [0.25, 0.3) is 0 Å². The minimum absolute atomic E-state index is 0.0524. The van der Waals surface area contributed by atoms with Gasteiger partial charge in [0.05, 0.1) is 17.9 Å². The van der Waals surface area contributed by atoms with Gasteiger partial charge in [-0.2, -0.15) is 0 Å². The Balaban J connectivity index is 2.79. The molecule has 0 unspecified atom stereocenters. The Morgan fingerprint density at radius 2 is 2.36 bits per heavy atom. The Morgan fingerprint density at radius 1 is 1.64 bits per heavy atom. The van der Waals surface area contributed by atoms with Crippen molar-refractivity contribution in [1.29, 1.82) is 0 Å². The number of ether oxygens (including phenoxy) is 1. The number of hydrogen-bond acceptors (Lipinski definition) is 3. The molecule has 1 rings (SSSR count). The molecule has 0 radical (unpaired) electrons. The Hall–Kier alpha value is -0.840. The number of nitrogens with zero attached hydrogens (tertiary/aromatic N) is 1. The second kappa shape index (κ2) is 5.14. The number of rotatable bonds is 4. The van der Waals surface area contributed by atoms with Crippen molar-refractivity contribution >= 4 is 29.1 Å². The molecule has 0 aliphatic rings. The molecule has 1 aromatic heterocycles. The number of halogens is 2. The predicted molar refractivity (Wildman–Crippen MR) is 53.0 cm³/mol. The van der Waals surface area contributed by atoms with Gasteiger partial charge in [-0.05, 0) is 12.1 Å². The Bertz CT molecular complexity index is 331. The first-order valence-corrected chi connectivity index (χ1v) is 4.62. The molecule has 1 amide bonds. The molecule has 0 bridgehead atoms. The van der Waals surface area contributed by atoms with E-state index in [0.717, 1.165) is 0 Å². The van der Waals surface area contributed by atoms with Crippen LogP contribution in [0, 0.1) is 0 Å². The van der Waals surface area contributed by atoms with E-state index in [9.17, 15) is 4.79 Å². The highest BCUT2D eigenvalue weighted by Crippen LogP contribution is 2.10. The topological polar surface area (TPSA) is 65.2 Å². The van der Waals surface area contributed by atoms with Gasteiger partial charge in [0.15, 0.2) is 0 Å². The zero-order chi connectivity index (χ0) is 10.6. The maximum absolute atomic E-state index is 10.9. The monoisotopic (exact) mass is 234 g/mol. The lowest BCUT2D eigenvalue weighted by molar-refractivity contribution is 0.0989. The van der Waals surface area contributed by atoms with Crippen molar-refractivity contribution in [3.05, 3.63) is 29.6 Å². The van der Waals surface area contributed by atoms with E-state index < -0.39 is 10.9 Å². The second-order valence-corrected chi connectivity index (χ2v) is 3.45. The van der Waals surface area contributed by atoms with Gasteiger partial charge in [0.2, 0.25) is 5.02 Å². The zero-order valence-corrected chi connectivity index (χ0v) is 8.63. The summed E-state index contributed by atoms with van der Waals surface area (Å²) in [5, 5.41) is -0.947. The summed E-state index contributed by atoms with van der Waals surface area (Å²) < 4.78 is 4.88. The summed E-state index contributed by atoms with van der Waals surface area (Å²) >= 11 is 10.7. The average molecular weight is 235 g/mol. The van der Waals surface area contributed by atoms with Crippen LogP contribution in [0.2, 0.25) is 0 Å².